The molecule has 0 aromatic carbocycles. The quantitative estimate of drug-likeness (QED) is 0.874. The summed E-state index contributed by atoms with van der Waals surface area (Å²) in [5.74, 6) is 1.62. The van der Waals surface area contributed by atoms with Crippen LogP contribution in [0.2, 0.25) is 0 Å². The zero-order valence-corrected chi connectivity index (χ0v) is 11.7. The highest BCUT2D eigenvalue weighted by Crippen LogP contribution is 2.24. The molecule has 1 aliphatic rings. The molecule has 1 N–H and O–H groups in total. The molecule has 0 unspecified atom stereocenters. The third kappa shape index (κ3) is 2.43. The van der Waals surface area contributed by atoms with Crippen molar-refractivity contribution in [2.24, 2.45) is 0 Å². The standard InChI is InChI=1S/C14H22N2O2/c1-10-9-12(11(2)18-10)13(17)16-7-5-14(3,15-4)6-8-16/h9,15H,5-8H2,1-4H3. The predicted octanol–water partition coefficient (Wildman–Crippen LogP) is 2.11. The molecule has 1 amide bonds. The van der Waals surface area contributed by atoms with Crippen molar-refractivity contribution in [2.45, 2.75) is 39.2 Å². The van der Waals surface area contributed by atoms with Gasteiger partial charge in [-0.3, -0.25) is 4.79 Å². The first-order chi connectivity index (χ1) is 8.45. The molecule has 1 aromatic heterocycles. The molecular formula is C14H22N2O2. The molecule has 4 heteroatoms. The zero-order valence-electron chi connectivity index (χ0n) is 11.7. The average molecular weight is 250 g/mol. The maximum atomic E-state index is 12.4. The van der Waals surface area contributed by atoms with Crippen LogP contribution >= 0.6 is 0 Å². The summed E-state index contributed by atoms with van der Waals surface area (Å²) >= 11 is 0. The van der Waals surface area contributed by atoms with E-state index in [1.165, 1.54) is 0 Å². The normalized spacial score (nSPS) is 19.0. The number of nitrogens with one attached hydrogen (secondary N) is 1. The second-order valence-corrected chi connectivity index (χ2v) is 5.43. The van der Waals surface area contributed by atoms with Gasteiger partial charge in [-0.05, 0) is 46.7 Å². The number of rotatable bonds is 2. The van der Waals surface area contributed by atoms with Crippen molar-refractivity contribution >= 4 is 5.91 Å². The van der Waals surface area contributed by atoms with Gasteiger partial charge in [-0.2, -0.15) is 0 Å². The van der Waals surface area contributed by atoms with E-state index in [0.29, 0.717) is 5.56 Å². The summed E-state index contributed by atoms with van der Waals surface area (Å²) < 4.78 is 5.43. The molecule has 0 atom stereocenters. The van der Waals surface area contributed by atoms with E-state index >= 15 is 0 Å². The van der Waals surface area contributed by atoms with Gasteiger partial charge >= 0.3 is 0 Å². The second kappa shape index (κ2) is 4.76. The summed E-state index contributed by atoms with van der Waals surface area (Å²) in [6, 6.07) is 1.84. The number of aryl methyl sites for hydroxylation is 2. The summed E-state index contributed by atoms with van der Waals surface area (Å²) in [6.07, 6.45) is 1.98. The van der Waals surface area contributed by atoms with Crippen molar-refractivity contribution < 1.29 is 9.21 Å². The molecule has 1 aliphatic heterocycles. The van der Waals surface area contributed by atoms with Gasteiger partial charge in [0.15, 0.2) is 0 Å². The molecule has 0 spiro atoms. The fourth-order valence-corrected chi connectivity index (χ4v) is 2.47. The van der Waals surface area contributed by atoms with Crippen LogP contribution in [0, 0.1) is 13.8 Å². The van der Waals surface area contributed by atoms with Gasteiger partial charge < -0.3 is 14.6 Å². The first-order valence-electron chi connectivity index (χ1n) is 6.50. The molecular weight excluding hydrogens is 228 g/mol. The number of furan rings is 1. The van der Waals surface area contributed by atoms with Crippen LogP contribution in [0.1, 0.15) is 41.6 Å². The molecule has 0 radical (unpaired) electrons. The Balaban J connectivity index is 2.06. The summed E-state index contributed by atoms with van der Waals surface area (Å²) in [4.78, 5) is 14.3. The molecule has 2 rings (SSSR count). The number of amides is 1. The van der Waals surface area contributed by atoms with E-state index in [1.54, 1.807) is 0 Å². The number of carbonyl (C=O) groups excluding carboxylic acids is 1. The average Bonchev–Trinajstić information content (AvgIpc) is 2.69. The molecule has 0 saturated carbocycles. The van der Waals surface area contributed by atoms with Crippen molar-refractivity contribution in [3.05, 3.63) is 23.2 Å². The Bertz CT molecular complexity index is 443. The van der Waals surface area contributed by atoms with Crippen LogP contribution in [0.25, 0.3) is 0 Å². The van der Waals surface area contributed by atoms with Gasteiger partial charge in [0.2, 0.25) is 0 Å². The third-order valence-corrected chi connectivity index (χ3v) is 4.03. The second-order valence-electron chi connectivity index (χ2n) is 5.43. The van der Waals surface area contributed by atoms with Crippen LogP contribution in [0.15, 0.2) is 10.5 Å². The van der Waals surface area contributed by atoms with E-state index in [-0.39, 0.29) is 11.4 Å². The van der Waals surface area contributed by atoms with E-state index in [0.717, 1.165) is 37.5 Å². The molecule has 100 valence electrons. The third-order valence-electron chi connectivity index (χ3n) is 4.03. The molecule has 18 heavy (non-hydrogen) atoms. The van der Waals surface area contributed by atoms with Gasteiger partial charge in [0.1, 0.15) is 11.5 Å². The zero-order chi connectivity index (χ0) is 13.3. The Morgan fingerprint density at radius 2 is 2.00 bits per heavy atom. The van der Waals surface area contributed by atoms with Gasteiger partial charge in [0.25, 0.3) is 5.91 Å². The lowest BCUT2D eigenvalue weighted by Gasteiger charge is -2.39. The SMILES string of the molecule is CNC1(C)CCN(C(=O)c2cc(C)oc2C)CC1. The van der Waals surface area contributed by atoms with Crippen molar-refractivity contribution in [1.29, 1.82) is 0 Å². The maximum absolute atomic E-state index is 12.4. The minimum atomic E-state index is 0.0995. The van der Waals surface area contributed by atoms with E-state index < -0.39 is 0 Å². The summed E-state index contributed by atoms with van der Waals surface area (Å²) in [7, 11) is 1.99. The lowest BCUT2D eigenvalue weighted by Crippen LogP contribution is -2.51. The fourth-order valence-electron chi connectivity index (χ4n) is 2.47. The molecule has 1 aromatic rings. The Morgan fingerprint density at radius 3 is 2.44 bits per heavy atom. The minimum Gasteiger partial charge on any atom is -0.466 e. The molecule has 4 nitrogen and oxygen atoms in total. The van der Waals surface area contributed by atoms with Crippen molar-refractivity contribution in [3.63, 3.8) is 0 Å². The van der Waals surface area contributed by atoms with E-state index in [4.69, 9.17) is 4.42 Å². The van der Waals surface area contributed by atoms with E-state index in [2.05, 4.69) is 12.2 Å². The minimum absolute atomic E-state index is 0.0995. The number of hydrogen-bond donors (Lipinski definition) is 1. The Morgan fingerprint density at radius 1 is 1.39 bits per heavy atom. The largest absolute Gasteiger partial charge is 0.466 e. The lowest BCUT2D eigenvalue weighted by molar-refractivity contribution is 0.0660. The van der Waals surface area contributed by atoms with Crippen molar-refractivity contribution in [1.82, 2.24) is 10.2 Å². The number of hydrogen-bond acceptors (Lipinski definition) is 3. The van der Waals surface area contributed by atoms with Crippen LogP contribution in [0.4, 0.5) is 0 Å². The van der Waals surface area contributed by atoms with Gasteiger partial charge in [0.05, 0.1) is 5.56 Å². The van der Waals surface area contributed by atoms with Gasteiger partial charge in [-0.25, -0.2) is 0 Å². The van der Waals surface area contributed by atoms with Crippen LogP contribution in [0.3, 0.4) is 0 Å². The molecule has 1 saturated heterocycles. The topological polar surface area (TPSA) is 45.5 Å². The fraction of sp³-hybridized carbons (Fsp3) is 0.643. The molecule has 1 fully saturated rings. The Hall–Kier alpha value is -1.29. The summed E-state index contributed by atoms with van der Waals surface area (Å²) in [5.41, 5.74) is 0.874. The number of carbonyl (C=O) groups is 1. The first-order valence-corrected chi connectivity index (χ1v) is 6.50. The number of piperidine rings is 1. The number of likely N-dealkylation sites (tertiary alicyclic amines) is 1. The number of nitrogens with zero attached hydrogens (tertiary/aromatic N) is 1. The molecule has 2 heterocycles. The lowest BCUT2D eigenvalue weighted by atomic mass is 9.89. The summed E-state index contributed by atoms with van der Waals surface area (Å²) in [6.45, 7) is 7.54. The predicted molar refractivity (Wildman–Crippen MR) is 70.8 cm³/mol. The van der Waals surface area contributed by atoms with Crippen LogP contribution in [-0.4, -0.2) is 36.5 Å². The van der Waals surface area contributed by atoms with E-state index in [1.807, 2.05) is 31.9 Å². The maximum Gasteiger partial charge on any atom is 0.257 e. The van der Waals surface area contributed by atoms with E-state index in [9.17, 15) is 4.79 Å². The van der Waals surface area contributed by atoms with Crippen molar-refractivity contribution in [2.75, 3.05) is 20.1 Å². The molecule has 0 bridgehead atoms. The van der Waals surface area contributed by atoms with Crippen LogP contribution in [-0.2, 0) is 0 Å². The van der Waals surface area contributed by atoms with Crippen LogP contribution in [0.5, 0.6) is 0 Å². The smallest absolute Gasteiger partial charge is 0.257 e. The highest BCUT2D eigenvalue weighted by atomic mass is 16.3. The highest BCUT2D eigenvalue weighted by Gasteiger charge is 2.31. The molecule has 0 aliphatic carbocycles. The summed E-state index contributed by atoms with van der Waals surface area (Å²) in [5, 5.41) is 3.34. The Kier molecular flexibility index (Phi) is 3.48. The first kappa shape index (κ1) is 13.1. The van der Waals surface area contributed by atoms with Crippen molar-refractivity contribution in [3.8, 4) is 0 Å². The Labute approximate surface area is 108 Å². The van der Waals surface area contributed by atoms with Gasteiger partial charge in [-0.15, -0.1) is 0 Å². The van der Waals surface area contributed by atoms with Gasteiger partial charge in [-0.1, -0.05) is 0 Å². The van der Waals surface area contributed by atoms with Gasteiger partial charge in [0, 0.05) is 18.6 Å². The highest BCUT2D eigenvalue weighted by molar-refractivity contribution is 5.95. The monoisotopic (exact) mass is 250 g/mol. The van der Waals surface area contributed by atoms with Crippen LogP contribution < -0.4 is 5.32 Å².